The number of carbonyl (C=O) groups is 2. The minimum Gasteiger partial charge on any atom is -0.492 e. The largest absolute Gasteiger partial charge is 0.492 e. The number of cyclic esters (lactones) is 1. The van der Waals surface area contributed by atoms with Gasteiger partial charge in [0.05, 0.1) is 12.2 Å². The van der Waals surface area contributed by atoms with Crippen LogP contribution in [0.2, 0.25) is 0 Å². The summed E-state index contributed by atoms with van der Waals surface area (Å²) in [5.41, 5.74) is 0.652. The van der Waals surface area contributed by atoms with E-state index in [1.54, 1.807) is 6.07 Å². The van der Waals surface area contributed by atoms with E-state index in [1.165, 1.54) is 4.90 Å². The Kier molecular flexibility index (Phi) is 5.57. The van der Waals surface area contributed by atoms with Crippen LogP contribution in [0.3, 0.4) is 0 Å². The van der Waals surface area contributed by atoms with Crippen LogP contribution in [0.25, 0.3) is 0 Å². The number of hydrogen-bond donors (Lipinski definition) is 0. The highest BCUT2D eigenvalue weighted by molar-refractivity contribution is 5.95. The zero-order valence-corrected chi connectivity index (χ0v) is 18.8. The van der Waals surface area contributed by atoms with Crippen LogP contribution in [0.4, 0.5) is 18.0 Å². The van der Waals surface area contributed by atoms with Crippen LogP contribution in [0, 0.1) is 11.8 Å². The van der Waals surface area contributed by atoms with Gasteiger partial charge in [0.15, 0.2) is 0 Å². The molecule has 0 unspecified atom stereocenters. The Morgan fingerprint density at radius 3 is 2.47 bits per heavy atom. The maximum Gasteiger partial charge on any atom is 0.417 e. The SMILES string of the molecule is C[C@H](C(=O)N1C(=O)OC[C@@H]1c1ccccc1)[C@H]1CC[C@]2(CC1)COc1cc(C(F)(F)F)ccc12. The summed E-state index contributed by atoms with van der Waals surface area (Å²) in [7, 11) is 0. The highest BCUT2D eigenvalue weighted by atomic mass is 19.4. The van der Waals surface area contributed by atoms with Gasteiger partial charge in [0, 0.05) is 16.9 Å². The molecule has 8 heteroatoms. The summed E-state index contributed by atoms with van der Waals surface area (Å²) in [6.45, 7) is 2.35. The second-order valence-corrected chi connectivity index (χ2v) is 9.62. The lowest BCUT2D eigenvalue weighted by molar-refractivity contribution is -0.137. The average molecular weight is 473 g/mol. The highest BCUT2D eigenvalue weighted by Gasteiger charge is 2.48. The standard InChI is InChI=1S/C26H26F3NO4/c1-16(23(31)30-21(14-33-24(30)32)18-5-3-2-4-6-18)17-9-11-25(12-10-17)15-34-22-13-19(26(27,28)29)7-8-20(22)25/h2-8,13,16-17,21H,9-12,14-15H2,1H3/t16-,17-,21+,25-/m0/s1. The summed E-state index contributed by atoms with van der Waals surface area (Å²) in [6.07, 6.45) is -2.11. The van der Waals surface area contributed by atoms with Gasteiger partial charge >= 0.3 is 12.3 Å². The van der Waals surface area contributed by atoms with E-state index in [-0.39, 0.29) is 29.8 Å². The zero-order chi connectivity index (χ0) is 24.1. The molecule has 3 aliphatic rings. The van der Waals surface area contributed by atoms with Gasteiger partial charge in [0.2, 0.25) is 5.91 Å². The number of alkyl halides is 3. The molecule has 0 aromatic heterocycles. The smallest absolute Gasteiger partial charge is 0.417 e. The first-order valence-electron chi connectivity index (χ1n) is 11.6. The summed E-state index contributed by atoms with van der Waals surface area (Å²) >= 11 is 0. The lowest BCUT2D eigenvalue weighted by atomic mass is 9.65. The van der Waals surface area contributed by atoms with Crippen molar-refractivity contribution in [1.29, 1.82) is 0 Å². The normalized spacial score (nSPS) is 27.3. The first-order valence-corrected chi connectivity index (χ1v) is 11.6. The Hall–Kier alpha value is -3.03. The molecular weight excluding hydrogens is 447 g/mol. The maximum atomic E-state index is 13.4. The van der Waals surface area contributed by atoms with Crippen LogP contribution in [-0.2, 0) is 21.1 Å². The molecule has 1 spiro atoms. The lowest BCUT2D eigenvalue weighted by Gasteiger charge is -2.39. The minimum absolute atomic E-state index is 0.0708. The fourth-order valence-corrected chi connectivity index (χ4v) is 5.66. The van der Waals surface area contributed by atoms with Crippen molar-refractivity contribution in [2.75, 3.05) is 13.2 Å². The van der Waals surface area contributed by atoms with Gasteiger partial charge in [-0.3, -0.25) is 4.79 Å². The summed E-state index contributed by atoms with van der Waals surface area (Å²) < 4.78 is 50.1. The molecule has 2 atom stereocenters. The Morgan fingerprint density at radius 2 is 1.79 bits per heavy atom. The van der Waals surface area contributed by atoms with Gasteiger partial charge in [-0.05, 0) is 49.3 Å². The van der Waals surface area contributed by atoms with Crippen LogP contribution in [-0.4, -0.2) is 30.1 Å². The van der Waals surface area contributed by atoms with Crippen LogP contribution < -0.4 is 4.74 Å². The molecule has 2 fully saturated rings. The molecule has 2 aromatic carbocycles. The van der Waals surface area contributed by atoms with Crippen molar-refractivity contribution in [1.82, 2.24) is 4.90 Å². The molecule has 2 aliphatic heterocycles. The predicted molar refractivity (Wildman–Crippen MR) is 117 cm³/mol. The lowest BCUT2D eigenvalue weighted by Crippen LogP contribution is -2.42. The van der Waals surface area contributed by atoms with E-state index in [4.69, 9.17) is 9.47 Å². The molecule has 5 nitrogen and oxygen atoms in total. The van der Waals surface area contributed by atoms with Crippen molar-refractivity contribution in [3.63, 3.8) is 0 Å². The summed E-state index contributed by atoms with van der Waals surface area (Å²) in [5, 5.41) is 0. The highest BCUT2D eigenvalue weighted by Crippen LogP contribution is 2.51. The van der Waals surface area contributed by atoms with Gasteiger partial charge in [0.25, 0.3) is 0 Å². The van der Waals surface area contributed by atoms with Crippen LogP contribution >= 0.6 is 0 Å². The molecule has 2 amide bonds. The first kappa shape index (κ1) is 22.7. The van der Waals surface area contributed by atoms with Crippen molar-refractivity contribution in [2.45, 2.75) is 50.2 Å². The number of amides is 2. The number of fused-ring (bicyclic) bond motifs is 2. The van der Waals surface area contributed by atoms with Crippen molar-refractivity contribution in [2.24, 2.45) is 11.8 Å². The number of imide groups is 1. The molecule has 1 saturated heterocycles. The van der Waals surface area contributed by atoms with Gasteiger partial charge in [-0.25, -0.2) is 9.69 Å². The summed E-state index contributed by atoms with van der Waals surface area (Å²) in [5.74, 6) is -0.233. The number of halogens is 3. The summed E-state index contributed by atoms with van der Waals surface area (Å²) in [6, 6.07) is 12.7. The van der Waals surface area contributed by atoms with E-state index in [9.17, 15) is 22.8 Å². The molecule has 2 heterocycles. The van der Waals surface area contributed by atoms with E-state index in [0.717, 1.165) is 48.9 Å². The molecule has 0 radical (unpaired) electrons. The van der Waals surface area contributed by atoms with Gasteiger partial charge in [-0.1, -0.05) is 43.3 Å². The molecular formula is C26H26F3NO4. The Morgan fingerprint density at radius 1 is 1.09 bits per heavy atom. The molecule has 180 valence electrons. The number of carbonyl (C=O) groups excluding carboxylic acids is 2. The van der Waals surface area contributed by atoms with Crippen LogP contribution in [0.15, 0.2) is 48.5 Å². The topological polar surface area (TPSA) is 55.8 Å². The molecule has 1 aliphatic carbocycles. The first-order chi connectivity index (χ1) is 16.2. The summed E-state index contributed by atoms with van der Waals surface area (Å²) in [4.78, 5) is 27.0. The fraction of sp³-hybridized carbons (Fsp3) is 0.462. The van der Waals surface area contributed by atoms with E-state index < -0.39 is 23.9 Å². The number of rotatable bonds is 3. The molecule has 34 heavy (non-hydrogen) atoms. The number of nitrogens with zero attached hydrogens (tertiary/aromatic N) is 1. The third-order valence-electron chi connectivity index (χ3n) is 7.76. The predicted octanol–water partition coefficient (Wildman–Crippen LogP) is 5.88. The van der Waals surface area contributed by atoms with Crippen molar-refractivity contribution in [3.05, 3.63) is 65.2 Å². The molecule has 5 rings (SSSR count). The van der Waals surface area contributed by atoms with Crippen LogP contribution in [0.1, 0.15) is 55.3 Å². The Bertz CT molecular complexity index is 1090. The number of hydrogen-bond acceptors (Lipinski definition) is 4. The number of ether oxygens (including phenoxy) is 2. The van der Waals surface area contributed by atoms with Gasteiger partial charge in [-0.2, -0.15) is 13.2 Å². The Balaban J connectivity index is 1.28. The van der Waals surface area contributed by atoms with Crippen molar-refractivity contribution in [3.8, 4) is 5.75 Å². The quantitative estimate of drug-likeness (QED) is 0.559. The fourth-order valence-electron chi connectivity index (χ4n) is 5.66. The van der Waals surface area contributed by atoms with E-state index in [2.05, 4.69) is 0 Å². The average Bonchev–Trinajstić information content (AvgIpc) is 3.39. The second kappa shape index (κ2) is 8.32. The van der Waals surface area contributed by atoms with Gasteiger partial charge in [0.1, 0.15) is 18.4 Å². The van der Waals surface area contributed by atoms with Crippen LogP contribution in [0.5, 0.6) is 5.75 Å². The zero-order valence-electron chi connectivity index (χ0n) is 18.8. The van der Waals surface area contributed by atoms with E-state index in [1.807, 2.05) is 37.3 Å². The molecule has 1 saturated carbocycles. The second-order valence-electron chi connectivity index (χ2n) is 9.62. The van der Waals surface area contributed by atoms with E-state index >= 15 is 0 Å². The van der Waals surface area contributed by atoms with Crippen molar-refractivity contribution >= 4 is 12.0 Å². The minimum atomic E-state index is -4.41. The van der Waals surface area contributed by atoms with E-state index in [0.29, 0.717) is 12.4 Å². The monoisotopic (exact) mass is 473 g/mol. The van der Waals surface area contributed by atoms with Crippen molar-refractivity contribution < 1.29 is 32.2 Å². The molecule has 0 N–H and O–H groups in total. The third kappa shape index (κ3) is 3.83. The number of benzene rings is 2. The van der Waals surface area contributed by atoms with Gasteiger partial charge < -0.3 is 9.47 Å². The maximum absolute atomic E-state index is 13.4. The molecule has 2 aromatic rings. The Labute approximate surface area is 195 Å². The molecule has 0 bridgehead atoms. The van der Waals surface area contributed by atoms with Gasteiger partial charge in [-0.15, -0.1) is 0 Å². The third-order valence-corrected chi connectivity index (χ3v) is 7.76.